The van der Waals surface area contributed by atoms with Crippen LogP contribution in [0.1, 0.15) is 19.3 Å². The number of hydrogen-bond acceptors (Lipinski definition) is 4. The van der Waals surface area contributed by atoms with E-state index in [-0.39, 0.29) is 0 Å². The fourth-order valence-corrected chi connectivity index (χ4v) is 2.75. The molecule has 100 valence electrons. The number of nitrogens with zero attached hydrogens (tertiary/aromatic N) is 1. The largest absolute Gasteiger partial charge is 0.381 e. The molecule has 2 heterocycles. The van der Waals surface area contributed by atoms with Gasteiger partial charge in [-0.05, 0) is 38.8 Å². The van der Waals surface area contributed by atoms with E-state index in [1.54, 1.807) is 0 Å². The van der Waals surface area contributed by atoms with Gasteiger partial charge in [0.05, 0.1) is 0 Å². The third-order valence-corrected chi connectivity index (χ3v) is 3.92. The van der Waals surface area contributed by atoms with Crippen LogP contribution in [0.15, 0.2) is 0 Å². The molecule has 0 bridgehead atoms. The van der Waals surface area contributed by atoms with Gasteiger partial charge in [-0.1, -0.05) is 0 Å². The minimum atomic E-state index is 0.628. The molecule has 17 heavy (non-hydrogen) atoms. The van der Waals surface area contributed by atoms with E-state index in [9.17, 15) is 0 Å². The van der Waals surface area contributed by atoms with Gasteiger partial charge in [-0.3, -0.25) is 0 Å². The standard InChI is InChI=1S/C13H27N3O/c1-16-7-6-15-13(11-16)10-14-5-2-12-3-8-17-9-4-12/h12-15H,2-11H2,1H3. The van der Waals surface area contributed by atoms with Gasteiger partial charge in [-0.15, -0.1) is 0 Å². The minimum Gasteiger partial charge on any atom is -0.381 e. The third-order valence-electron chi connectivity index (χ3n) is 3.92. The molecule has 0 aliphatic carbocycles. The van der Waals surface area contributed by atoms with Gasteiger partial charge in [0, 0.05) is 45.4 Å². The number of hydrogen-bond donors (Lipinski definition) is 2. The topological polar surface area (TPSA) is 36.5 Å². The average Bonchev–Trinajstić information content (AvgIpc) is 2.36. The first-order valence-electron chi connectivity index (χ1n) is 7.05. The van der Waals surface area contributed by atoms with E-state index in [2.05, 4.69) is 22.6 Å². The van der Waals surface area contributed by atoms with Crippen LogP contribution >= 0.6 is 0 Å². The molecule has 1 unspecified atom stereocenters. The molecule has 0 radical (unpaired) electrons. The van der Waals surface area contributed by atoms with E-state index in [0.717, 1.165) is 38.8 Å². The lowest BCUT2D eigenvalue weighted by atomic mass is 9.97. The van der Waals surface area contributed by atoms with Gasteiger partial charge in [0.15, 0.2) is 0 Å². The van der Waals surface area contributed by atoms with E-state index in [0.29, 0.717) is 6.04 Å². The molecular weight excluding hydrogens is 214 g/mol. The Labute approximate surface area is 105 Å². The van der Waals surface area contributed by atoms with Gasteiger partial charge in [0.25, 0.3) is 0 Å². The lowest BCUT2D eigenvalue weighted by Gasteiger charge is -2.31. The predicted octanol–water partition coefficient (Wildman–Crippen LogP) is 0.296. The van der Waals surface area contributed by atoms with Crippen LogP contribution in [-0.2, 0) is 4.74 Å². The molecule has 2 saturated heterocycles. The number of nitrogens with one attached hydrogen (secondary N) is 2. The zero-order valence-corrected chi connectivity index (χ0v) is 11.1. The van der Waals surface area contributed by atoms with Crippen molar-refractivity contribution >= 4 is 0 Å². The molecule has 4 nitrogen and oxygen atoms in total. The van der Waals surface area contributed by atoms with Crippen molar-refractivity contribution in [2.45, 2.75) is 25.3 Å². The molecule has 0 aromatic heterocycles. The molecule has 1 atom stereocenters. The van der Waals surface area contributed by atoms with Gasteiger partial charge in [-0.2, -0.15) is 0 Å². The summed E-state index contributed by atoms with van der Waals surface area (Å²) in [6.45, 7) is 7.69. The van der Waals surface area contributed by atoms with Gasteiger partial charge in [0.2, 0.25) is 0 Å². The molecule has 0 aromatic carbocycles. The molecule has 0 spiro atoms. The summed E-state index contributed by atoms with van der Waals surface area (Å²) in [7, 11) is 2.20. The smallest absolute Gasteiger partial charge is 0.0468 e. The monoisotopic (exact) mass is 241 g/mol. The van der Waals surface area contributed by atoms with Crippen molar-refractivity contribution in [3.05, 3.63) is 0 Å². The fraction of sp³-hybridized carbons (Fsp3) is 1.00. The lowest BCUT2D eigenvalue weighted by Crippen LogP contribution is -2.53. The second-order valence-electron chi connectivity index (χ2n) is 5.46. The maximum Gasteiger partial charge on any atom is 0.0468 e. The molecule has 2 aliphatic heterocycles. The van der Waals surface area contributed by atoms with Crippen molar-refractivity contribution in [1.82, 2.24) is 15.5 Å². The number of rotatable bonds is 5. The zero-order chi connectivity index (χ0) is 11.9. The van der Waals surface area contributed by atoms with Crippen molar-refractivity contribution in [3.63, 3.8) is 0 Å². The van der Waals surface area contributed by atoms with E-state index in [1.807, 2.05) is 0 Å². The van der Waals surface area contributed by atoms with E-state index in [4.69, 9.17) is 4.74 Å². The molecule has 2 N–H and O–H groups in total. The van der Waals surface area contributed by atoms with Crippen LogP contribution < -0.4 is 10.6 Å². The Morgan fingerprint density at radius 1 is 1.35 bits per heavy atom. The number of likely N-dealkylation sites (N-methyl/N-ethyl adjacent to an activating group) is 1. The average molecular weight is 241 g/mol. The quantitative estimate of drug-likeness (QED) is 0.679. The Morgan fingerprint density at radius 3 is 2.94 bits per heavy atom. The van der Waals surface area contributed by atoms with Crippen molar-refractivity contribution in [2.24, 2.45) is 5.92 Å². The second-order valence-corrected chi connectivity index (χ2v) is 5.46. The van der Waals surface area contributed by atoms with Crippen LogP contribution in [0.4, 0.5) is 0 Å². The first-order valence-corrected chi connectivity index (χ1v) is 7.05. The summed E-state index contributed by atoms with van der Waals surface area (Å²) in [6, 6.07) is 0.628. The highest BCUT2D eigenvalue weighted by molar-refractivity contribution is 4.78. The van der Waals surface area contributed by atoms with Crippen molar-refractivity contribution in [1.29, 1.82) is 0 Å². The maximum atomic E-state index is 5.38. The van der Waals surface area contributed by atoms with Crippen LogP contribution in [0.3, 0.4) is 0 Å². The normalized spacial score (nSPS) is 28.4. The summed E-state index contributed by atoms with van der Waals surface area (Å²) in [4.78, 5) is 2.40. The first-order chi connectivity index (χ1) is 8.34. The van der Waals surface area contributed by atoms with Gasteiger partial charge in [-0.25, -0.2) is 0 Å². The summed E-state index contributed by atoms with van der Waals surface area (Å²) in [5.74, 6) is 0.887. The van der Waals surface area contributed by atoms with Crippen molar-refractivity contribution < 1.29 is 4.74 Å². The van der Waals surface area contributed by atoms with Gasteiger partial charge < -0.3 is 20.3 Å². The Hall–Kier alpha value is -0.160. The van der Waals surface area contributed by atoms with E-state index >= 15 is 0 Å². The highest BCUT2D eigenvalue weighted by atomic mass is 16.5. The Balaban J connectivity index is 1.50. The summed E-state index contributed by atoms with van der Waals surface area (Å²) in [5.41, 5.74) is 0. The summed E-state index contributed by atoms with van der Waals surface area (Å²) >= 11 is 0. The van der Waals surface area contributed by atoms with Crippen LogP contribution in [0.5, 0.6) is 0 Å². The summed E-state index contributed by atoms with van der Waals surface area (Å²) < 4.78 is 5.38. The first kappa shape index (κ1) is 13.3. The molecule has 2 aliphatic rings. The van der Waals surface area contributed by atoms with Crippen LogP contribution in [0.25, 0.3) is 0 Å². The van der Waals surface area contributed by atoms with Crippen LogP contribution in [0, 0.1) is 5.92 Å². The number of piperazine rings is 1. The molecule has 2 rings (SSSR count). The Morgan fingerprint density at radius 2 is 2.18 bits per heavy atom. The van der Waals surface area contributed by atoms with Crippen molar-refractivity contribution in [2.75, 3.05) is 53.0 Å². The molecule has 0 saturated carbocycles. The van der Waals surface area contributed by atoms with E-state index < -0.39 is 0 Å². The molecule has 0 aromatic rings. The maximum absolute atomic E-state index is 5.38. The number of ether oxygens (including phenoxy) is 1. The Kier molecular flexibility index (Phi) is 5.71. The van der Waals surface area contributed by atoms with Gasteiger partial charge in [0.1, 0.15) is 0 Å². The zero-order valence-electron chi connectivity index (χ0n) is 11.1. The van der Waals surface area contributed by atoms with Crippen LogP contribution in [-0.4, -0.2) is 63.9 Å². The summed E-state index contributed by atoms with van der Waals surface area (Å²) in [6.07, 6.45) is 3.82. The van der Waals surface area contributed by atoms with Crippen LogP contribution in [0.2, 0.25) is 0 Å². The highest BCUT2D eigenvalue weighted by Crippen LogP contribution is 2.17. The molecular formula is C13H27N3O. The Bertz CT molecular complexity index is 207. The third kappa shape index (κ3) is 4.92. The summed E-state index contributed by atoms with van der Waals surface area (Å²) in [5, 5.41) is 7.16. The fourth-order valence-electron chi connectivity index (χ4n) is 2.75. The minimum absolute atomic E-state index is 0.628. The highest BCUT2D eigenvalue weighted by Gasteiger charge is 2.16. The van der Waals surface area contributed by atoms with Crippen molar-refractivity contribution in [3.8, 4) is 0 Å². The van der Waals surface area contributed by atoms with Gasteiger partial charge >= 0.3 is 0 Å². The van der Waals surface area contributed by atoms with E-state index in [1.165, 1.54) is 32.4 Å². The molecule has 2 fully saturated rings. The molecule has 0 amide bonds. The lowest BCUT2D eigenvalue weighted by molar-refractivity contribution is 0.0639. The predicted molar refractivity (Wildman–Crippen MR) is 70.3 cm³/mol. The molecule has 4 heteroatoms. The SMILES string of the molecule is CN1CCNC(CNCCC2CCOCC2)C1. The second kappa shape index (κ2) is 7.31.